The monoisotopic (exact) mass is 310 g/mol. The van der Waals surface area contributed by atoms with Gasteiger partial charge in [0.05, 0.1) is 0 Å². The van der Waals surface area contributed by atoms with Crippen molar-refractivity contribution < 1.29 is 37.6 Å². The van der Waals surface area contributed by atoms with E-state index in [1.807, 2.05) is 6.92 Å². The van der Waals surface area contributed by atoms with Gasteiger partial charge in [0.2, 0.25) is 5.52 Å². The average molecular weight is 310 g/mol. The number of aryl methyl sites for hydroxylation is 3. The van der Waals surface area contributed by atoms with Crippen molar-refractivity contribution in [1.82, 2.24) is 0 Å². The maximum absolute atomic E-state index is 12.3. The van der Waals surface area contributed by atoms with Gasteiger partial charge in [0, 0.05) is 5.56 Å². The van der Waals surface area contributed by atoms with E-state index in [9.17, 15) is 14.3 Å². The van der Waals surface area contributed by atoms with Crippen LogP contribution in [0.1, 0.15) is 27.0 Å². The zero-order valence-corrected chi connectivity index (χ0v) is 14.0. The number of carbonyl (C=O) groups excluding carboxylic acids is 1. The van der Waals surface area contributed by atoms with Gasteiger partial charge in [-0.2, -0.15) is 0 Å². The molecular weight excluding hydrogens is 294 g/mol. The van der Waals surface area contributed by atoms with E-state index < -0.39 is 13.1 Å². The summed E-state index contributed by atoms with van der Waals surface area (Å²) in [7, 11) is -4.69. The summed E-state index contributed by atoms with van der Waals surface area (Å²) in [5.74, 6) is 0.131. The van der Waals surface area contributed by atoms with Crippen LogP contribution in [0.3, 0.4) is 0 Å². The van der Waals surface area contributed by atoms with Gasteiger partial charge in [0.15, 0.2) is 0 Å². The first kappa shape index (κ1) is 18.7. The second-order valence-electron chi connectivity index (χ2n) is 4.98. The van der Waals surface area contributed by atoms with Crippen LogP contribution in [0.25, 0.3) is 0 Å². The molecule has 22 heavy (non-hydrogen) atoms. The van der Waals surface area contributed by atoms with E-state index in [4.69, 9.17) is 4.52 Å². The Morgan fingerprint density at radius 3 is 2.05 bits per heavy atom. The van der Waals surface area contributed by atoms with Crippen molar-refractivity contribution in [3.63, 3.8) is 0 Å². The Labute approximate surface area is 142 Å². The van der Waals surface area contributed by atoms with Crippen molar-refractivity contribution in [3.05, 3.63) is 64.7 Å². The van der Waals surface area contributed by atoms with E-state index >= 15 is 0 Å². The van der Waals surface area contributed by atoms with Crippen LogP contribution in [-0.2, 0) is 4.57 Å². The molecule has 0 amide bonds. The van der Waals surface area contributed by atoms with Gasteiger partial charge >= 0.3 is 18.9 Å². The molecule has 0 aliphatic rings. The Hall–Kier alpha value is -1.30. The van der Waals surface area contributed by atoms with Gasteiger partial charge in [-0.05, 0) is 44.0 Å². The van der Waals surface area contributed by atoms with E-state index in [0.717, 1.165) is 5.56 Å². The number of benzene rings is 2. The average Bonchev–Trinajstić information content (AvgIpc) is 2.38. The molecule has 1 atom stereocenters. The van der Waals surface area contributed by atoms with Crippen LogP contribution >= 0.6 is 7.60 Å². The summed E-state index contributed by atoms with van der Waals surface area (Å²) in [6, 6.07) is 11.6. The molecule has 0 fully saturated rings. The summed E-state index contributed by atoms with van der Waals surface area (Å²) in [5, 5.41) is 0. The molecule has 0 saturated carbocycles. The summed E-state index contributed by atoms with van der Waals surface area (Å²) < 4.78 is 17.1. The largest absolute Gasteiger partial charge is 1.00 e. The SMILES string of the molecule is Cc1cc(C)c(C(=O)P(=O)([O-])Oc2ccccc2)c(C)c1.[Li+]. The maximum atomic E-state index is 12.3. The van der Waals surface area contributed by atoms with Crippen LogP contribution in [0.15, 0.2) is 42.5 Å². The second kappa shape index (κ2) is 7.31. The molecule has 110 valence electrons. The molecule has 0 N–H and O–H groups in total. The molecule has 4 nitrogen and oxygen atoms in total. The normalized spacial score (nSPS) is 12.9. The Bertz CT molecular complexity index is 705. The summed E-state index contributed by atoms with van der Waals surface area (Å²) in [6.45, 7) is 5.33. The molecule has 0 aliphatic heterocycles. The number of hydrogen-bond donors (Lipinski definition) is 0. The predicted octanol–water partition coefficient (Wildman–Crippen LogP) is 0.388. The third kappa shape index (κ3) is 4.12. The molecule has 0 radical (unpaired) electrons. The number of carbonyl (C=O) groups is 1. The number of hydrogen-bond acceptors (Lipinski definition) is 4. The molecule has 0 heterocycles. The molecule has 6 heteroatoms. The summed E-state index contributed by atoms with van der Waals surface area (Å²) >= 11 is 0. The quantitative estimate of drug-likeness (QED) is 0.605. The minimum Gasteiger partial charge on any atom is -0.763 e. The summed E-state index contributed by atoms with van der Waals surface area (Å²) in [6.07, 6.45) is 0. The fraction of sp³-hybridized carbons (Fsp3) is 0.188. The molecule has 0 bridgehead atoms. The van der Waals surface area contributed by atoms with Gasteiger partial charge in [0.25, 0.3) is 7.60 Å². The summed E-state index contributed by atoms with van der Waals surface area (Å²) in [4.78, 5) is 24.5. The van der Waals surface area contributed by atoms with Crippen molar-refractivity contribution >= 4 is 13.1 Å². The van der Waals surface area contributed by atoms with Gasteiger partial charge in [-0.1, -0.05) is 35.9 Å². The first-order valence-corrected chi connectivity index (χ1v) is 8.04. The molecule has 0 spiro atoms. The van der Waals surface area contributed by atoms with Crippen LogP contribution in [-0.4, -0.2) is 5.52 Å². The van der Waals surface area contributed by atoms with Crippen LogP contribution in [0.2, 0.25) is 0 Å². The topological polar surface area (TPSA) is 66.4 Å². The molecule has 0 saturated heterocycles. The molecular formula is C16H16LiO4P. The fourth-order valence-corrected chi connectivity index (χ4v) is 3.42. The van der Waals surface area contributed by atoms with Gasteiger partial charge in [-0.15, -0.1) is 0 Å². The molecule has 2 rings (SSSR count). The molecule has 2 aromatic rings. The van der Waals surface area contributed by atoms with Crippen LogP contribution < -0.4 is 28.3 Å². The van der Waals surface area contributed by atoms with E-state index in [-0.39, 0.29) is 30.2 Å². The van der Waals surface area contributed by atoms with Gasteiger partial charge in [-0.3, -0.25) is 9.36 Å². The first-order valence-electron chi connectivity index (χ1n) is 6.49. The predicted molar refractivity (Wildman–Crippen MR) is 79.7 cm³/mol. The van der Waals surface area contributed by atoms with Crippen molar-refractivity contribution in [1.29, 1.82) is 0 Å². The standard InChI is InChI=1S/C16H17O4P.Li/c1-11-9-12(2)15(13(3)10-11)16(17)21(18,19)20-14-7-5-4-6-8-14;/h4-10H,1-3H3,(H,18,19);/q;+1/p-1. The van der Waals surface area contributed by atoms with Gasteiger partial charge < -0.3 is 9.42 Å². The Morgan fingerprint density at radius 1 is 1.05 bits per heavy atom. The molecule has 0 aliphatic carbocycles. The molecule has 1 unspecified atom stereocenters. The third-order valence-corrected chi connectivity index (χ3v) is 4.28. The second-order valence-corrected chi connectivity index (χ2v) is 6.56. The Morgan fingerprint density at radius 2 is 1.55 bits per heavy atom. The molecule has 0 aromatic heterocycles. The van der Waals surface area contributed by atoms with Crippen LogP contribution in [0, 0.1) is 20.8 Å². The van der Waals surface area contributed by atoms with E-state index in [0.29, 0.717) is 11.1 Å². The van der Waals surface area contributed by atoms with E-state index in [1.165, 1.54) is 12.1 Å². The van der Waals surface area contributed by atoms with Crippen molar-refractivity contribution in [2.24, 2.45) is 0 Å². The number of para-hydroxylation sites is 1. The van der Waals surface area contributed by atoms with Crippen LogP contribution in [0.4, 0.5) is 0 Å². The Kier molecular flexibility index (Phi) is 6.23. The Balaban J connectivity index is 0.00000242. The molecule has 2 aromatic carbocycles. The van der Waals surface area contributed by atoms with E-state index in [2.05, 4.69) is 0 Å². The smallest absolute Gasteiger partial charge is 0.763 e. The number of rotatable bonds is 4. The van der Waals surface area contributed by atoms with Crippen molar-refractivity contribution in [3.8, 4) is 5.75 Å². The van der Waals surface area contributed by atoms with Crippen LogP contribution in [0.5, 0.6) is 5.75 Å². The minimum absolute atomic E-state index is 0. The van der Waals surface area contributed by atoms with E-state index in [1.54, 1.807) is 44.2 Å². The minimum atomic E-state index is -4.69. The van der Waals surface area contributed by atoms with Crippen molar-refractivity contribution in [2.45, 2.75) is 20.8 Å². The fourth-order valence-electron chi connectivity index (χ4n) is 2.32. The third-order valence-electron chi connectivity index (χ3n) is 3.11. The van der Waals surface area contributed by atoms with Gasteiger partial charge in [-0.25, -0.2) is 0 Å². The zero-order valence-electron chi connectivity index (χ0n) is 13.1. The summed E-state index contributed by atoms with van der Waals surface area (Å²) in [5.41, 5.74) is 1.44. The maximum Gasteiger partial charge on any atom is 1.00 e. The first-order chi connectivity index (χ1) is 9.81. The van der Waals surface area contributed by atoms with Crippen molar-refractivity contribution in [2.75, 3.05) is 0 Å². The zero-order chi connectivity index (χ0) is 15.6. The van der Waals surface area contributed by atoms with Gasteiger partial charge in [0.1, 0.15) is 5.75 Å².